The Kier molecular flexibility index (Phi) is 4.03. The first kappa shape index (κ1) is 10.6. The Hall–Kier alpha value is -1.46. The van der Waals surface area contributed by atoms with E-state index in [4.69, 9.17) is 10.2 Å². The van der Waals surface area contributed by atoms with Gasteiger partial charge in [-0.15, -0.1) is 0 Å². The van der Waals surface area contributed by atoms with Crippen LogP contribution in [-0.2, 0) is 4.79 Å². The van der Waals surface area contributed by atoms with Gasteiger partial charge in [0.1, 0.15) is 0 Å². The van der Waals surface area contributed by atoms with Crippen molar-refractivity contribution < 1.29 is 15.0 Å². The van der Waals surface area contributed by atoms with E-state index in [1.54, 1.807) is 24.5 Å². The number of rotatable bonds is 4. The third kappa shape index (κ3) is 3.51. The zero-order valence-corrected chi connectivity index (χ0v) is 7.55. The molecule has 0 aliphatic rings. The number of nitrogens with one attached hydrogen (secondary N) is 1. The SMILES string of the molecule is O=C(C[C@@H](O)CO)Nc1ccncc1. The monoisotopic (exact) mass is 196 g/mol. The molecule has 0 radical (unpaired) electrons. The summed E-state index contributed by atoms with van der Waals surface area (Å²) in [6, 6.07) is 3.28. The van der Waals surface area contributed by atoms with Crippen LogP contribution in [-0.4, -0.2) is 33.8 Å². The molecule has 0 spiro atoms. The molecule has 1 heterocycles. The lowest BCUT2D eigenvalue weighted by Gasteiger charge is -2.07. The standard InChI is InChI=1S/C9H12N2O3/c12-6-8(13)5-9(14)11-7-1-3-10-4-2-7/h1-4,8,12-13H,5-6H2,(H,10,11,14)/t8-/m1/s1. The van der Waals surface area contributed by atoms with Gasteiger partial charge in [0.2, 0.25) is 5.91 Å². The normalized spacial score (nSPS) is 12.1. The van der Waals surface area contributed by atoms with Crippen molar-refractivity contribution >= 4 is 11.6 Å². The number of aromatic nitrogens is 1. The van der Waals surface area contributed by atoms with E-state index in [2.05, 4.69) is 10.3 Å². The van der Waals surface area contributed by atoms with Gasteiger partial charge in [0.05, 0.1) is 19.1 Å². The fourth-order valence-corrected chi connectivity index (χ4v) is 0.926. The van der Waals surface area contributed by atoms with Gasteiger partial charge in [-0.25, -0.2) is 0 Å². The largest absolute Gasteiger partial charge is 0.394 e. The first-order chi connectivity index (χ1) is 6.72. The van der Waals surface area contributed by atoms with Gasteiger partial charge in [-0.2, -0.15) is 0 Å². The van der Waals surface area contributed by atoms with Crippen molar-refractivity contribution in [3.63, 3.8) is 0 Å². The second-order valence-corrected chi connectivity index (χ2v) is 2.82. The summed E-state index contributed by atoms with van der Waals surface area (Å²) in [5.74, 6) is -0.335. The number of aliphatic hydroxyl groups is 2. The van der Waals surface area contributed by atoms with Crippen LogP contribution in [0, 0.1) is 0 Å². The highest BCUT2D eigenvalue weighted by Gasteiger charge is 2.09. The lowest BCUT2D eigenvalue weighted by Crippen LogP contribution is -2.22. The van der Waals surface area contributed by atoms with Gasteiger partial charge in [-0.3, -0.25) is 9.78 Å². The molecule has 0 aliphatic heterocycles. The Balaban J connectivity index is 2.42. The number of hydrogen-bond acceptors (Lipinski definition) is 4. The van der Waals surface area contributed by atoms with Gasteiger partial charge < -0.3 is 15.5 Å². The minimum absolute atomic E-state index is 0.112. The molecule has 0 saturated carbocycles. The molecule has 76 valence electrons. The second-order valence-electron chi connectivity index (χ2n) is 2.82. The van der Waals surface area contributed by atoms with Gasteiger partial charge in [0, 0.05) is 18.1 Å². The third-order valence-electron chi connectivity index (χ3n) is 1.60. The van der Waals surface area contributed by atoms with E-state index in [1.165, 1.54) is 0 Å². The Labute approximate surface area is 81.4 Å². The third-order valence-corrected chi connectivity index (χ3v) is 1.60. The molecule has 1 amide bonds. The molecule has 1 aromatic heterocycles. The van der Waals surface area contributed by atoms with Gasteiger partial charge in [-0.05, 0) is 12.1 Å². The summed E-state index contributed by atoms with van der Waals surface area (Å²) >= 11 is 0. The highest BCUT2D eigenvalue weighted by Crippen LogP contribution is 2.04. The molecule has 1 rings (SSSR count). The molecule has 0 aliphatic carbocycles. The van der Waals surface area contributed by atoms with E-state index in [-0.39, 0.29) is 12.3 Å². The molecule has 1 aromatic rings. The van der Waals surface area contributed by atoms with E-state index in [0.29, 0.717) is 5.69 Å². The van der Waals surface area contributed by atoms with Crippen LogP contribution in [0.3, 0.4) is 0 Å². The molecule has 0 fully saturated rings. The van der Waals surface area contributed by atoms with Crippen LogP contribution >= 0.6 is 0 Å². The first-order valence-electron chi connectivity index (χ1n) is 4.21. The number of amides is 1. The maximum absolute atomic E-state index is 11.2. The maximum Gasteiger partial charge on any atom is 0.227 e. The fourth-order valence-electron chi connectivity index (χ4n) is 0.926. The van der Waals surface area contributed by atoms with E-state index in [0.717, 1.165) is 0 Å². The predicted molar refractivity (Wildman–Crippen MR) is 50.6 cm³/mol. The highest BCUT2D eigenvalue weighted by atomic mass is 16.3. The number of hydrogen-bond donors (Lipinski definition) is 3. The van der Waals surface area contributed by atoms with E-state index >= 15 is 0 Å². The summed E-state index contributed by atoms with van der Waals surface area (Å²) in [6.45, 7) is -0.413. The van der Waals surface area contributed by atoms with Crippen LogP contribution in [0.2, 0.25) is 0 Å². The van der Waals surface area contributed by atoms with Crippen molar-refractivity contribution in [2.75, 3.05) is 11.9 Å². The number of anilines is 1. The van der Waals surface area contributed by atoms with Crippen LogP contribution in [0.1, 0.15) is 6.42 Å². The lowest BCUT2D eigenvalue weighted by molar-refractivity contribution is -0.118. The second kappa shape index (κ2) is 5.31. The topological polar surface area (TPSA) is 82.5 Å². The van der Waals surface area contributed by atoms with Crippen molar-refractivity contribution in [2.24, 2.45) is 0 Å². The average molecular weight is 196 g/mol. The van der Waals surface area contributed by atoms with E-state index < -0.39 is 12.7 Å². The molecule has 0 saturated heterocycles. The van der Waals surface area contributed by atoms with Crippen molar-refractivity contribution in [2.45, 2.75) is 12.5 Å². The van der Waals surface area contributed by atoms with Crippen LogP contribution in [0.25, 0.3) is 0 Å². The van der Waals surface area contributed by atoms with Crippen molar-refractivity contribution in [1.29, 1.82) is 0 Å². The molecule has 0 unspecified atom stereocenters. The lowest BCUT2D eigenvalue weighted by atomic mass is 10.2. The molecular weight excluding hydrogens is 184 g/mol. The van der Waals surface area contributed by atoms with Gasteiger partial charge in [0.25, 0.3) is 0 Å². The van der Waals surface area contributed by atoms with Gasteiger partial charge >= 0.3 is 0 Å². The summed E-state index contributed by atoms with van der Waals surface area (Å²) in [5.41, 5.74) is 0.620. The first-order valence-corrected chi connectivity index (χ1v) is 4.21. The zero-order valence-electron chi connectivity index (χ0n) is 7.55. The number of carbonyl (C=O) groups excluding carboxylic acids is 1. The minimum atomic E-state index is -1.00. The number of pyridine rings is 1. The molecular formula is C9H12N2O3. The minimum Gasteiger partial charge on any atom is -0.394 e. The maximum atomic E-state index is 11.2. The molecule has 14 heavy (non-hydrogen) atoms. The fraction of sp³-hybridized carbons (Fsp3) is 0.333. The highest BCUT2D eigenvalue weighted by molar-refractivity contribution is 5.90. The number of nitrogens with zero attached hydrogens (tertiary/aromatic N) is 1. The quantitative estimate of drug-likeness (QED) is 0.621. The molecule has 5 heteroatoms. The summed E-state index contributed by atoms with van der Waals surface area (Å²) in [5, 5.41) is 20.1. The summed E-state index contributed by atoms with van der Waals surface area (Å²) in [4.78, 5) is 15.0. The van der Waals surface area contributed by atoms with Crippen LogP contribution in [0.15, 0.2) is 24.5 Å². The van der Waals surface area contributed by atoms with Crippen molar-refractivity contribution in [3.8, 4) is 0 Å². The predicted octanol–water partition coefficient (Wildman–Crippen LogP) is -0.237. The summed E-state index contributed by atoms with van der Waals surface area (Å²) in [6.07, 6.45) is 1.99. The average Bonchev–Trinajstić information content (AvgIpc) is 2.19. The van der Waals surface area contributed by atoms with Crippen molar-refractivity contribution in [3.05, 3.63) is 24.5 Å². The van der Waals surface area contributed by atoms with Gasteiger partial charge in [-0.1, -0.05) is 0 Å². The number of aliphatic hydroxyl groups excluding tert-OH is 2. The van der Waals surface area contributed by atoms with Crippen LogP contribution in [0.5, 0.6) is 0 Å². The Morgan fingerprint density at radius 1 is 1.50 bits per heavy atom. The summed E-state index contributed by atoms with van der Waals surface area (Å²) in [7, 11) is 0. The Morgan fingerprint density at radius 3 is 2.71 bits per heavy atom. The molecule has 3 N–H and O–H groups in total. The smallest absolute Gasteiger partial charge is 0.227 e. The number of carbonyl (C=O) groups is 1. The summed E-state index contributed by atoms with van der Waals surface area (Å²) < 4.78 is 0. The molecule has 0 bridgehead atoms. The molecule has 5 nitrogen and oxygen atoms in total. The Morgan fingerprint density at radius 2 is 2.14 bits per heavy atom. The Bertz CT molecular complexity index is 289. The van der Waals surface area contributed by atoms with Crippen LogP contribution < -0.4 is 5.32 Å². The van der Waals surface area contributed by atoms with E-state index in [1.807, 2.05) is 0 Å². The molecule has 0 aromatic carbocycles. The van der Waals surface area contributed by atoms with Crippen molar-refractivity contribution in [1.82, 2.24) is 4.98 Å². The van der Waals surface area contributed by atoms with E-state index in [9.17, 15) is 4.79 Å². The molecule has 1 atom stereocenters. The van der Waals surface area contributed by atoms with Gasteiger partial charge in [0.15, 0.2) is 0 Å². The zero-order chi connectivity index (χ0) is 10.4. The van der Waals surface area contributed by atoms with Crippen LogP contribution in [0.4, 0.5) is 5.69 Å².